The van der Waals surface area contributed by atoms with Gasteiger partial charge in [0.05, 0.1) is 17.7 Å². The summed E-state index contributed by atoms with van der Waals surface area (Å²) in [5.74, 6) is -0.475. The number of para-hydroxylation sites is 2. The Morgan fingerprint density at radius 2 is 1.83 bits per heavy atom. The molecule has 2 rings (SSSR count). The lowest BCUT2D eigenvalue weighted by Crippen LogP contribution is -2.45. The second-order valence-electron chi connectivity index (χ2n) is 6.32. The first-order valence-corrected chi connectivity index (χ1v) is 10.6. The molecule has 0 saturated heterocycles. The first-order valence-electron chi connectivity index (χ1n) is 9.13. The van der Waals surface area contributed by atoms with Crippen molar-refractivity contribution in [3.8, 4) is 5.75 Å². The Bertz CT molecular complexity index is 976. The first-order chi connectivity index (χ1) is 13.8. The minimum atomic E-state index is -3.95. The largest absolute Gasteiger partial charge is 0.495 e. The number of benzene rings is 2. The van der Waals surface area contributed by atoms with Crippen molar-refractivity contribution in [2.45, 2.75) is 31.2 Å². The quantitative estimate of drug-likeness (QED) is 0.576. The van der Waals surface area contributed by atoms with E-state index in [-0.39, 0.29) is 22.1 Å². The molecule has 29 heavy (non-hydrogen) atoms. The van der Waals surface area contributed by atoms with Gasteiger partial charge in [0.25, 0.3) is 15.9 Å². The third-order valence-corrected chi connectivity index (χ3v) is 5.41. The van der Waals surface area contributed by atoms with Crippen molar-refractivity contribution < 1.29 is 22.7 Å². The molecule has 2 aromatic rings. The van der Waals surface area contributed by atoms with E-state index in [4.69, 9.17) is 4.74 Å². The standard InChI is InChI=1S/C20H25N3O5S/c1-4-12-21-19(24)14(2)22-20(25)15-8-7-9-16(13-15)29(26,27)23-17-10-5-6-11-18(17)28-3/h5-11,13-14,23H,4,12H2,1-3H3,(H,21,24)(H,22,25)/t14-/m1/s1. The van der Waals surface area contributed by atoms with Crippen LogP contribution in [-0.4, -0.2) is 39.9 Å². The molecular weight excluding hydrogens is 394 g/mol. The summed E-state index contributed by atoms with van der Waals surface area (Å²) in [6.07, 6.45) is 0.783. The zero-order chi connectivity index (χ0) is 21.4. The van der Waals surface area contributed by atoms with Gasteiger partial charge >= 0.3 is 0 Å². The van der Waals surface area contributed by atoms with E-state index in [0.29, 0.717) is 12.3 Å². The number of carbonyl (C=O) groups is 2. The van der Waals surface area contributed by atoms with E-state index in [0.717, 1.165) is 6.42 Å². The van der Waals surface area contributed by atoms with Crippen LogP contribution in [0, 0.1) is 0 Å². The lowest BCUT2D eigenvalue weighted by atomic mass is 10.2. The van der Waals surface area contributed by atoms with Crippen molar-refractivity contribution in [1.82, 2.24) is 10.6 Å². The molecule has 0 saturated carbocycles. The molecular formula is C20H25N3O5S. The Kier molecular flexibility index (Phi) is 7.60. The van der Waals surface area contributed by atoms with Crippen LogP contribution in [0.15, 0.2) is 53.4 Å². The van der Waals surface area contributed by atoms with Crippen LogP contribution in [0.5, 0.6) is 5.75 Å². The lowest BCUT2D eigenvalue weighted by Gasteiger charge is -2.15. The Labute approximate surface area is 170 Å². The molecule has 3 N–H and O–H groups in total. The van der Waals surface area contributed by atoms with Gasteiger partial charge in [0, 0.05) is 12.1 Å². The van der Waals surface area contributed by atoms with Crippen molar-refractivity contribution in [1.29, 1.82) is 0 Å². The van der Waals surface area contributed by atoms with Crippen LogP contribution in [-0.2, 0) is 14.8 Å². The first kappa shape index (κ1) is 22.2. The number of carbonyl (C=O) groups excluding carboxylic acids is 2. The fourth-order valence-corrected chi connectivity index (χ4v) is 3.60. The van der Waals surface area contributed by atoms with Crippen molar-refractivity contribution in [2.24, 2.45) is 0 Å². The normalized spacial score (nSPS) is 12.0. The second-order valence-corrected chi connectivity index (χ2v) is 8.00. The van der Waals surface area contributed by atoms with Crippen LogP contribution in [0.25, 0.3) is 0 Å². The van der Waals surface area contributed by atoms with Gasteiger partial charge < -0.3 is 15.4 Å². The minimum Gasteiger partial charge on any atom is -0.495 e. The van der Waals surface area contributed by atoms with Crippen molar-refractivity contribution in [2.75, 3.05) is 18.4 Å². The smallest absolute Gasteiger partial charge is 0.262 e. The van der Waals surface area contributed by atoms with E-state index in [1.165, 1.54) is 31.4 Å². The number of anilines is 1. The molecule has 0 radical (unpaired) electrons. The predicted molar refractivity (Wildman–Crippen MR) is 110 cm³/mol. The van der Waals surface area contributed by atoms with E-state index in [1.54, 1.807) is 31.2 Å². The Morgan fingerprint density at radius 3 is 2.52 bits per heavy atom. The summed E-state index contributed by atoms with van der Waals surface area (Å²) < 4.78 is 33.1. The summed E-state index contributed by atoms with van der Waals surface area (Å²) >= 11 is 0. The maximum absolute atomic E-state index is 12.7. The van der Waals surface area contributed by atoms with Gasteiger partial charge in [-0.3, -0.25) is 14.3 Å². The monoisotopic (exact) mass is 419 g/mol. The molecule has 0 aliphatic carbocycles. The van der Waals surface area contributed by atoms with Crippen LogP contribution in [0.3, 0.4) is 0 Å². The highest BCUT2D eigenvalue weighted by Crippen LogP contribution is 2.26. The number of hydrogen-bond donors (Lipinski definition) is 3. The number of amides is 2. The highest BCUT2D eigenvalue weighted by Gasteiger charge is 2.20. The van der Waals surface area contributed by atoms with Gasteiger partial charge in [-0.05, 0) is 43.7 Å². The van der Waals surface area contributed by atoms with E-state index in [1.807, 2.05) is 6.92 Å². The molecule has 0 aliphatic rings. The molecule has 156 valence electrons. The van der Waals surface area contributed by atoms with E-state index < -0.39 is 22.0 Å². The summed E-state index contributed by atoms with van der Waals surface area (Å²) in [6.45, 7) is 4.00. The van der Waals surface area contributed by atoms with Gasteiger partial charge in [0.2, 0.25) is 5.91 Å². The van der Waals surface area contributed by atoms with Gasteiger partial charge in [-0.15, -0.1) is 0 Å². The van der Waals surface area contributed by atoms with Gasteiger partial charge in [0.15, 0.2) is 0 Å². The molecule has 0 unspecified atom stereocenters. The molecule has 2 amide bonds. The van der Waals surface area contributed by atoms with Crippen molar-refractivity contribution in [3.05, 3.63) is 54.1 Å². The van der Waals surface area contributed by atoms with Gasteiger partial charge in [-0.25, -0.2) is 8.42 Å². The molecule has 1 atom stereocenters. The number of sulfonamides is 1. The van der Waals surface area contributed by atoms with Crippen LogP contribution in [0.2, 0.25) is 0 Å². The van der Waals surface area contributed by atoms with Crippen LogP contribution in [0.4, 0.5) is 5.69 Å². The number of rotatable bonds is 9. The molecule has 8 nitrogen and oxygen atoms in total. The average Bonchev–Trinajstić information content (AvgIpc) is 2.72. The summed E-state index contributed by atoms with van der Waals surface area (Å²) in [4.78, 5) is 24.3. The maximum Gasteiger partial charge on any atom is 0.262 e. The molecule has 0 spiro atoms. The van der Waals surface area contributed by atoms with E-state index >= 15 is 0 Å². The van der Waals surface area contributed by atoms with Crippen molar-refractivity contribution >= 4 is 27.5 Å². The van der Waals surface area contributed by atoms with Crippen LogP contribution < -0.4 is 20.1 Å². The summed E-state index contributed by atoms with van der Waals surface area (Å²) in [5, 5.41) is 5.26. The number of ether oxygens (including phenoxy) is 1. The third-order valence-electron chi connectivity index (χ3n) is 4.05. The van der Waals surface area contributed by atoms with Crippen LogP contribution in [0.1, 0.15) is 30.6 Å². The summed E-state index contributed by atoms with van der Waals surface area (Å²) in [5.41, 5.74) is 0.411. The molecule has 0 heterocycles. The molecule has 2 aromatic carbocycles. The number of methoxy groups -OCH3 is 1. The zero-order valence-electron chi connectivity index (χ0n) is 16.6. The van der Waals surface area contributed by atoms with Gasteiger partial charge in [-0.2, -0.15) is 0 Å². The number of hydrogen-bond acceptors (Lipinski definition) is 5. The Hall–Kier alpha value is -3.07. The molecule has 0 aromatic heterocycles. The van der Waals surface area contributed by atoms with Gasteiger partial charge in [-0.1, -0.05) is 25.1 Å². The molecule has 0 fully saturated rings. The fourth-order valence-electron chi connectivity index (χ4n) is 2.48. The van der Waals surface area contributed by atoms with Gasteiger partial charge in [0.1, 0.15) is 11.8 Å². The highest BCUT2D eigenvalue weighted by molar-refractivity contribution is 7.92. The molecule has 9 heteroatoms. The predicted octanol–water partition coefficient (Wildman–Crippen LogP) is 2.14. The SMILES string of the molecule is CCCNC(=O)[C@@H](C)NC(=O)c1cccc(S(=O)(=O)Nc2ccccc2OC)c1. The third kappa shape index (κ3) is 5.95. The molecule has 0 bridgehead atoms. The Morgan fingerprint density at radius 1 is 1.10 bits per heavy atom. The molecule has 0 aliphatic heterocycles. The fraction of sp³-hybridized carbons (Fsp3) is 0.300. The maximum atomic E-state index is 12.7. The lowest BCUT2D eigenvalue weighted by molar-refractivity contribution is -0.122. The van der Waals surface area contributed by atoms with E-state index in [9.17, 15) is 18.0 Å². The second kappa shape index (κ2) is 9.92. The minimum absolute atomic E-state index is 0.0841. The Balaban J connectivity index is 2.17. The van der Waals surface area contributed by atoms with Crippen molar-refractivity contribution in [3.63, 3.8) is 0 Å². The summed E-state index contributed by atoms with van der Waals surface area (Å²) in [7, 11) is -2.51. The average molecular weight is 420 g/mol. The topological polar surface area (TPSA) is 114 Å². The van der Waals surface area contributed by atoms with E-state index in [2.05, 4.69) is 15.4 Å². The summed E-state index contributed by atoms with van der Waals surface area (Å²) in [6, 6.07) is 11.4. The zero-order valence-corrected chi connectivity index (χ0v) is 17.4. The highest BCUT2D eigenvalue weighted by atomic mass is 32.2. The number of nitrogens with one attached hydrogen (secondary N) is 3. The van der Waals surface area contributed by atoms with Crippen LogP contribution >= 0.6 is 0 Å².